The number of rotatable bonds is 5. The zero-order valence-corrected chi connectivity index (χ0v) is 22.2. The molecule has 0 radical (unpaired) electrons. The molecule has 0 aromatic carbocycles. The van der Waals surface area contributed by atoms with Gasteiger partial charge in [0.1, 0.15) is 11.7 Å². The Kier molecular flexibility index (Phi) is 7.07. The molecule has 0 bridgehead atoms. The lowest BCUT2D eigenvalue weighted by molar-refractivity contribution is -0.286. The molecule has 0 spiro atoms. The summed E-state index contributed by atoms with van der Waals surface area (Å²) in [6, 6.07) is 0. The molecule has 0 unspecified atom stereocenters. The number of allylic oxidation sites excluding steroid dienone is 2. The van der Waals surface area contributed by atoms with E-state index >= 15 is 0 Å². The fourth-order valence-electron chi connectivity index (χ4n) is 9.30. The van der Waals surface area contributed by atoms with E-state index in [2.05, 4.69) is 46.8 Å². The molecule has 5 nitrogen and oxygen atoms in total. The fourth-order valence-corrected chi connectivity index (χ4v) is 9.30. The summed E-state index contributed by atoms with van der Waals surface area (Å²) in [5.74, 6) is 1.86. The first kappa shape index (κ1) is 26.2. The van der Waals surface area contributed by atoms with Crippen molar-refractivity contribution in [2.75, 3.05) is 0 Å². The predicted molar refractivity (Wildman–Crippen MR) is 133 cm³/mol. The van der Waals surface area contributed by atoms with Crippen molar-refractivity contribution >= 4 is 5.97 Å². The lowest BCUT2D eigenvalue weighted by atomic mass is 9.41. The first-order valence-corrected chi connectivity index (χ1v) is 13.8. The number of esters is 1. The molecule has 4 fully saturated rings. The van der Waals surface area contributed by atoms with Gasteiger partial charge in [-0.05, 0) is 85.9 Å². The van der Waals surface area contributed by atoms with E-state index in [1.165, 1.54) is 6.92 Å². The zero-order valence-electron chi connectivity index (χ0n) is 22.2. The normalized spacial score (nSPS) is 49.4. The maximum absolute atomic E-state index is 12.1. The Labute approximate surface area is 206 Å². The summed E-state index contributed by atoms with van der Waals surface area (Å²) < 4.78 is 5.80. The zero-order chi connectivity index (χ0) is 25.1. The van der Waals surface area contributed by atoms with Gasteiger partial charge in [-0.2, -0.15) is 0 Å². The third-order valence-corrected chi connectivity index (χ3v) is 10.8. The Bertz CT molecular complexity index is 793. The van der Waals surface area contributed by atoms with E-state index in [1.807, 2.05) is 0 Å². The molecular weight excluding hydrogens is 428 g/mol. The molecule has 3 N–H and O–H groups in total. The molecule has 0 aromatic heterocycles. The van der Waals surface area contributed by atoms with Crippen LogP contribution in [0.1, 0.15) is 92.9 Å². The molecule has 0 aromatic rings. The Morgan fingerprint density at radius 1 is 1.12 bits per heavy atom. The maximum atomic E-state index is 12.1. The van der Waals surface area contributed by atoms with Gasteiger partial charge < -0.3 is 20.1 Å². The molecule has 34 heavy (non-hydrogen) atoms. The van der Waals surface area contributed by atoms with Crippen LogP contribution in [-0.4, -0.2) is 45.2 Å². The van der Waals surface area contributed by atoms with E-state index in [0.717, 1.165) is 25.7 Å². The summed E-state index contributed by atoms with van der Waals surface area (Å²) in [7, 11) is 0. The largest absolute Gasteiger partial charge is 0.459 e. The Hall–Kier alpha value is -0.910. The second-order valence-corrected chi connectivity index (χ2v) is 13.2. The number of aliphatic hydroxyl groups is 3. The Morgan fingerprint density at radius 2 is 1.82 bits per heavy atom. The van der Waals surface area contributed by atoms with Gasteiger partial charge in [-0.15, -0.1) is 0 Å². The average molecular weight is 477 g/mol. The van der Waals surface area contributed by atoms with E-state index in [9.17, 15) is 20.1 Å². The van der Waals surface area contributed by atoms with Gasteiger partial charge in [-0.3, -0.25) is 4.79 Å². The minimum absolute atomic E-state index is 0.0307. The van der Waals surface area contributed by atoms with Crippen LogP contribution >= 0.6 is 0 Å². The van der Waals surface area contributed by atoms with Crippen LogP contribution in [0.5, 0.6) is 0 Å². The van der Waals surface area contributed by atoms with Gasteiger partial charge in [0.05, 0.1) is 12.2 Å². The van der Waals surface area contributed by atoms with Crippen molar-refractivity contribution in [2.45, 2.75) is 117 Å². The number of hydrogen-bond donors (Lipinski definition) is 3. The highest BCUT2D eigenvalue weighted by molar-refractivity contribution is 5.66. The lowest BCUT2D eigenvalue weighted by Crippen LogP contribution is -2.71. The highest BCUT2D eigenvalue weighted by atomic mass is 16.6. The lowest BCUT2D eigenvalue weighted by Gasteiger charge is -2.66. The van der Waals surface area contributed by atoms with E-state index < -0.39 is 29.3 Å². The standard InChI is InChI=1S/C29H48O5/c1-17(2)8-7-9-18(3)22-10-11-23-21-14-25(34-19(4)30)29(33)15-20(31)12-13-28(29,6)26(21)24(32)16-27(22,23)5/h7,9,17-18,20-26,31-33H,8,10-16H2,1-6H3/b9-7+/t18-,20+,21+,22-,23+,24+,25-,26-,27-,28-,29+/m1/s1. The Morgan fingerprint density at radius 3 is 2.47 bits per heavy atom. The number of aliphatic hydroxyl groups excluding tert-OH is 2. The molecule has 4 aliphatic rings. The van der Waals surface area contributed by atoms with Gasteiger partial charge in [0.25, 0.3) is 0 Å². The number of carbonyl (C=O) groups excluding carboxylic acids is 1. The molecule has 5 heteroatoms. The van der Waals surface area contributed by atoms with Gasteiger partial charge in [0.15, 0.2) is 0 Å². The van der Waals surface area contributed by atoms with Gasteiger partial charge in [0.2, 0.25) is 0 Å². The smallest absolute Gasteiger partial charge is 0.303 e. The van der Waals surface area contributed by atoms with Crippen molar-refractivity contribution in [3.63, 3.8) is 0 Å². The van der Waals surface area contributed by atoms with E-state index in [4.69, 9.17) is 4.74 Å². The summed E-state index contributed by atoms with van der Waals surface area (Å²) in [5, 5.41) is 34.2. The number of carbonyl (C=O) groups is 1. The highest BCUT2D eigenvalue weighted by Crippen LogP contribution is 2.69. The summed E-state index contributed by atoms with van der Waals surface area (Å²) in [6.45, 7) is 12.7. The minimum atomic E-state index is -1.31. The summed E-state index contributed by atoms with van der Waals surface area (Å²) in [5.41, 5.74) is -1.86. The van der Waals surface area contributed by atoms with Crippen LogP contribution in [0.3, 0.4) is 0 Å². The third kappa shape index (κ3) is 4.08. The predicted octanol–water partition coefficient (Wildman–Crippen LogP) is 4.87. The maximum Gasteiger partial charge on any atom is 0.303 e. The highest BCUT2D eigenvalue weighted by Gasteiger charge is 2.70. The molecule has 4 saturated carbocycles. The molecule has 4 aliphatic carbocycles. The van der Waals surface area contributed by atoms with Crippen molar-refractivity contribution in [2.24, 2.45) is 46.3 Å². The van der Waals surface area contributed by atoms with Gasteiger partial charge >= 0.3 is 5.97 Å². The van der Waals surface area contributed by atoms with Crippen molar-refractivity contribution in [3.05, 3.63) is 12.2 Å². The first-order chi connectivity index (χ1) is 15.8. The molecule has 11 atom stereocenters. The number of hydrogen-bond acceptors (Lipinski definition) is 5. The van der Waals surface area contributed by atoms with Crippen LogP contribution < -0.4 is 0 Å². The summed E-state index contributed by atoms with van der Waals surface area (Å²) >= 11 is 0. The molecule has 0 amide bonds. The van der Waals surface area contributed by atoms with Crippen LogP contribution in [0.2, 0.25) is 0 Å². The quantitative estimate of drug-likeness (QED) is 0.389. The van der Waals surface area contributed by atoms with Crippen LogP contribution in [0.15, 0.2) is 12.2 Å². The van der Waals surface area contributed by atoms with Crippen molar-refractivity contribution in [1.29, 1.82) is 0 Å². The topological polar surface area (TPSA) is 87.0 Å². The molecular formula is C29H48O5. The van der Waals surface area contributed by atoms with Crippen molar-refractivity contribution in [1.82, 2.24) is 0 Å². The third-order valence-electron chi connectivity index (χ3n) is 10.8. The van der Waals surface area contributed by atoms with E-state index in [-0.39, 0.29) is 29.6 Å². The van der Waals surface area contributed by atoms with Crippen molar-refractivity contribution < 1.29 is 24.9 Å². The second kappa shape index (κ2) is 9.19. The molecule has 4 rings (SSSR count). The van der Waals surface area contributed by atoms with Gasteiger partial charge in [-0.1, -0.05) is 46.8 Å². The molecule has 0 aliphatic heterocycles. The van der Waals surface area contributed by atoms with Gasteiger partial charge in [-0.25, -0.2) is 0 Å². The van der Waals surface area contributed by atoms with Crippen LogP contribution in [0, 0.1) is 46.3 Å². The van der Waals surface area contributed by atoms with Gasteiger partial charge in [0, 0.05) is 18.8 Å². The number of ether oxygens (including phenoxy) is 1. The van der Waals surface area contributed by atoms with E-state index in [1.54, 1.807) is 0 Å². The summed E-state index contributed by atoms with van der Waals surface area (Å²) in [6.07, 6.45) is 9.16. The number of fused-ring (bicyclic) bond motifs is 5. The minimum Gasteiger partial charge on any atom is -0.459 e. The van der Waals surface area contributed by atoms with E-state index in [0.29, 0.717) is 42.9 Å². The monoisotopic (exact) mass is 476 g/mol. The van der Waals surface area contributed by atoms with Crippen LogP contribution in [-0.2, 0) is 9.53 Å². The second-order valence-electron chi connectivity index (χ2n) is 13.2. The SMILES string of the molecule is CC(=O)O[C@@H]1C[C@@H]2[C@H]([C@@H](O)C[C@]3(C)[C@@H]([C@H](C)/C=C/CC(C)C)CC[C@@H]23)[C@@]2(C)CC[C@H](O)C[C@]12O. The van der Waals surface area contributed by atoms with Crippen LogP contribution in [0.25, 0.3) is 0 Å². The average Bonchev–Trinajstić information content (AvgIpc) is 3.05. The summed E-state index contributed by atoms with van der Waals surface area (Å²) in [4.78, 5) is 12.1. The van der Waals surface area contributed by atoms with Crippen LogP contribution in [0.4, 0.5) is 0 Å². The molecule has 194 valence electrons. The van der Waals surface area contributed by atoms with Crippen molar-refractivity contribution in [3.8, 4) is 0 Å². The molecule has 0 saturated heterocycles. The fraction of sp³-hybridized carbons (Fsp3) is 0.897. The molecule has 0 heterocycles. The first-order valence-electron chi connectivity index (χ1n) is 13.8. The Balaban J connectivity index is 1.67.